The number of nitro groups is 2. The lowest BCUT2D eigenvalue weighted by Gasteiger charge is -2.00. The maximum Gasteiger partial charge on any atom is 0.342 e. The van der Waals surface area contributed by atoms with E-state index >= 15 is 0 Å². The Morgan fingerprint density at radius 1 is 1.07 bits per heavy atom. The molecular formula is C8H10N3O4+. The molecule has 0 spiro atoms. The van der Waals surface area contributed by atoms with Crippen molar-refractivity contribution in [2.24, 2.45) is 7.05 Å². The van der Waals surface area contributed by atoms with E-state index in [1.165, 1.54) is 4.57 Å². The minimum Gasteiger partial charge on any atom is -0.258 e. The molecule has 7 nitrogen and oxygen atoms in total. The molecule has 0 bridgehead atoms. The second kappa shape index (κ2) is 3.60. The van der Waals surface area contributed by atoms with Crippen LogP contribution in [0, 0.1) is 34.1 Å². The summed E-state index contributed by atoms with van der Waals surface area (Å²) in [7, 11) is 1.56. The molecule has 0 aromatic carbocycles. The molecule has 0 saturated carbocycles. The lowest BCUT2D eigenvalue weighted by molar-refractivity contribution is -0.689. The van der Waals surface area contributed by atoms with Gasteiger partial charge in [0.1, 0.15) is 13.1 Å². The molecule has 1 heterocycles. The van der Waals surface area contributed by atoms with Gasteiger partial charge in [0.15, 0.2) is 0 Å². The number of hydrogen-bond acceptors (Lipinski definition) is 4. The van der Waals surface area contributed by atoms with Crippen LogP contribution in [0.1, 0.15) is 11.4 Å². The Morgan fingerprint density at radius 2 is 1.40 bits per heavy atom. The van der Waals surface area contributed by atoms with Crippen molar-refractivity contribution >= 4 is 11.4 Å². The maximum absolute atomic E-state index is 10.6. The zero-order chi connectivity index (χ0) is 11.7. The van der Waals surface area contributed by atoms with Gasteiger partial charge in [0.2, 0.25) is 0 Å². The second-order valence-corrected chi connectivity index (χ2v) is 3.16. The van der Waals surface area contributed by atoms with Crippen molar-refractivity contribution < 1.29 is 14.4 Å². The van der Waals surface area contributed by atoms with E-state index in [4.69, 9.17) is 0 Å². The van der Waals surface area contributed by atoms with E-state index in [9.17, 15) is 20.2 Å². The van der Waals surface area contributed by atoms with Crippen molar-refractivity contribution in [3.05, 3.63) is 37.7 Å². The van der Waals surface area contributed by atoms with E-state index in [-0.39, 0.29) is 11.4 Å². The Bertz CT molecular complexity index is 417. The average Bonchev–Trinajstić information content (AvgIpc) is 2.13. The summed E-state index contributed by atoms with van der Waals surface area (Å²) in [6, 6.07) is 0.991. The Labute approximate surface area is 85.3 Å². The fourth-order valence-corrected chi connectivity index (χ4v) is 1.30. The van der Waals surface area contributed by atoms with Crippen LogP contribution in [0.15, 0.2) is 6.07 Å². The quantitative estimate of drug-likeness (QED) is 0.414. The van der Waals surface area contributed by atoms with Gasteiger partial charge >= 0.3 is 11.4 Å². The molecule has 7 heteroatoms. The first kappa shape index (κ1) is 11.0. The van der Waals surface area contributed by atoms with Crippen LogP contribution in [-0.4, -0.2) is 9.85 Å². The molecule has 0 fully saturated rings. The summed E-state index contributed by atoms with van der Waals surface area (Å²) in [6.07, 6.45) is 0. The van der Waals surface area contributed by atoms with E-state index in [1.54, 1.807) is 20.9 Å². The topological polar surface area (TPSA) is 90.2 Å². The predicted molar refractivity (Wildman–Crippen MR) is 50.4 cm³/mol. The molecule has 80 valence electrons. The van der Waals surface area contributed by atoms with Gasteiger partial charge in [0.25, 0.3) is 11.4 Å². The summed E-state index contributed by atoms with van der Waals surface area (Å²) in [4.78, 5) is 20.0. The molecule has 0 saturated heterocycles. The second-order valence-electron chi connectivity index (χ2n) is 3.16. The van der Waals surface area contributed by atoms with Gasteiger partial charge in [0.05, 0.1) is 9.85 Å². The fraction of sp³-hybridized carbons (Fsp3) is 0.375. The van der Waals surface area contributed by atoms with Crippen molar-refractivity contribution in [3.63, 3.8) is 0 Å². The van der Waals surface area contributed by atoms with Gasteiger partial charge in [-0.3, -0.25) is 20.2 Å². The zero-order valence-electron chi connectivity index (χ0n) is 8.55. The SMILES string of the molecule is Cc1c([N+](=O)[O-])cc([N+](=O)[O-])c(C)[n+]1C. The lowest BCUT2D eigenvalue weighted by Crippen LogP contribution is -2.36. The molecule has 0 unspecified atom stereocenters. The molecule has 15 heavy (non-hydrogen) atoms. The van der Waals surface area contributed by atoms with Crippen LogP contribution < -0.4 is 4.57 Å². The van der Waals surface area contributed by atoms with Crippen LogP contribution >= 0.6 is 0 Å². The molecule has 1 aromatic rings. The summed E-state index contributed by atoms with van der Waals surface area (Å²) in [5, 5.41) is 21.3. The highest BCUT2D eigenvalue weighted by atomic mass is 16.6. The number of pyridine rings is 1. The van der Waals surface area contributed by atoms with Crippen LogP contribution in [0.4, 0.5) is 11.4 Å². The van der Waals surface area contributed by atoms with E-state index in [1.807, 2.05) is 0 Å². The molecule has 1 aromatic heterocycles. The summed E-state index contributed by atoms with van der Waals surface area (Å²) in [5.41, 5.74) is 0.302. The van der Waals surface area contributed by atoms with Gasteiger partial charge in [-0.1, -0.05) is 0 Å². The molecule has 0 atom stereocenters. The molecule has 0 aliphatic heterocycles. The third-order valence-corrected chi connectivity index (χ3v) is 2.41. The van der Waals surface area contributed by atoms with Crippen molar-refractivity contribution in [2.45, 2.75) is 13.8 Å². The van der Waals surface area contributed by atoms with Crippen LogP contribution in [-0.2, 0) is 7.05 Å². The predicted octanol–water partition coefficient (Wildman–Crippen LogP) is 0.944. The molecular weight excluding hydrogens is 202 g/mol. The number of nitrogens with zero attached hydrogens (tertiary/aromatic N) is 3. The largest absolute Gasteiger partial charge is 0.342 e. The van der Waals surface area contributed by atoms with Gasteiger partial charge in [-0.2, -0.15) is 4.57 Å². The van der Waals surface area contributed by atoms with Crippen molar-refractivity contribution in [1.29, 1.82) is 0 Å². The van der Waals surface area contributed by atoms with E-state index in [2.05, 4.69) is 0 Å². The van der Waals surface area contributed by atoms with Gasteiger partial charge in [-0.15, -0.1) is 0 Å². The highest BCUT2D eigenvalue weighted by Crippen LogP contribution is 2.23. The summed E-state index contributed by atoms with van der Waals surface area (Å²) in [5.74, 6) is 0. The standard InChI is InChI=1S/C8H10N3O4/c1-5-7(10(12)13)4-8(11(14)15)6(2)9(5)3/h4H,1-3H3/q+1. The monoisotopic (exact) mass is 212 g/mol. The highest BCUT2D eigenvalue weighted by Gasteiger charge is 2.30. The van der Waals surface area contributed by atoms with Crippen LogP contribution in [0.25, 0.3) is 0 Å². The minimum absolute atomic E-state index is 0.241. The van der Waals surface area contributed by atoms with Gasteiger partial charge in [-0.05, 0) is 0 Å². The zero-order valence-corrected chi connectivity index (χ0v) is 8.55. The normalized spacial score (nSPS) is 10.1. The molecule has 1 rings (SSSR count). The average molecular weight is 212 g/mol. The first-order valence-corrected chi connectivity index (χ1v) is 4.15. The molecule has 0 radical (unpaired) electrons. The Morgan fingerprint density at radius 3 is 1.67 bits per heavy atom. The Balaban J connectivity index is 3.59. The van der Waals surface area contributed by atoms with E-state index < -0.39 is 9.85 Å². The van der Waals surface area contributed by atoms with Crippen molar-refractivity contribution in [3.8, 4) is 0 Å². The first-order valence-electron chi connectivity index (χ1n) is 4.15. The highest BCUT2D eigenvalue weighted by molar-refractivity contribution is 5.44. The molecule has 0 aliphatic carbocycles. The minimum atomic E-state index is -0.623. The number of rotatable bonds is 2. The van der Waals surface area contributed by atoms with E-state index in [0.29, 0.717) is 11.4 Å². The number of aromatic nitrogens is 1. The maximum atomic E-state index is 10.6. The van der Waals surface area contributed by atoms with Gasteiger partial charge < -0.3 is 0 Å². The fourth-order valence-electron chi connectivity index (χ4n) is 1.30. The molecule has 0 aliphatic rings. The third-order valence-electron chi connectivity index (χ3n) is 2.41. The van der Waals surface area contributed by atoms with E-state index in [0.717, 1.165) is 6.07 Å². The lowest BCUT2D eigenvalue weighted by atomic mass is 10.2. The first-order chi connectivity index (χ1) is 6.86. The van der Waals surface area contributed by atoms with Crippen molar-refractivity contribution in [2.75, 3.05) is 0 Å². The molecule has 0 N–H and O–H groups in total. The summed E-state index contributed by atoms with van der Waals surface area (Å²) in [6.45, 7) is 3.10. The Kier molecular flexibility index (Phi) is 2.65. The van der Waals surface area contributed by atoms with Crippen LogP contribution in [0.5, 0.6) is 0 Å². The van der Waals surface area contributed by atoms with Crippen molar-refractivity contribution in [1.82, 2.24) is 0 Å². The smallest absolute Gasteiger partial charge is 0.258 e. The number of hydrogen-bond donors (Lipinski definition) is 0. The molecule has 0 amide bonds. The van der Waals surface area contributed by atoms with Gasteiger partial charge in [0, 0.05) is 13.8 Å². The van der Waals surface area contributed by atoms with Crippen LogP contribution in [0.2, 0.25) is 0 Å². The van der Waals surface area contributed by atoms with Gasteiger partial charge in [-0.25, -0.2) is 0 Å². The Hall–Kier alpha value is -2.05. The summed E-state index contributed by atoms with van der Waals surface area (Å²) < 4.78 is 1.44. The third kappa shape index (κ3) is 1.76. The van der Waals surface area contributed by atoms with Crippen LogP contribution in [0.3, 0.4) is 0 Å². The summed E-state index contributed by atoms with van der Waals surface area (Å²) >= 11 is 0.